The molecule has 1 unspecified atom stereocenters. The van der Waals surface area contributed by atoms with E-state index < -0.39 is 9.84 Å². The van der Waals surface area contributed by atoms with Crippen molar-refractivity contribution >= 4 is 33.6 Å². The third-order valence-corrected chi connectivity index (χ3v) is 8.97. The van der Waals surface area contributed by atoms with E-state index in [0.29, 0.717) is 23.7 Å². The van der Waals surface area contributed by atoms with Crippen LogP contribution in [0.1, 0.15) is 47.6 Å². The quantitative estimate of drug-likeness (QED) is 0.464. The molecule has 2 N–H and O–H groups in total. The number of benzene rings is 2. The van der Waals surface area contributed by atoms with Crippen molar-refractivity contribution in [1.29, 1.82) is 0 Å². The first-order chi connectivity index (χ1) is 17.0. The second-order valence-corrected chi connectivity index (χ2v) is 11.1. The molecule has 0 amide bonds. The van der Waals surface area contributed by atoms with Crippen LogP contribution < -0.4 is 10.6 Å². The molecule has 180 valence electrons. The van der Waals surface area contributed by atoms with Crippen molar-refractivity contribution in [3.05, 3.63) is 82.0 Å². The third kappa shape index (κ3) is 5.01. The second-order valence-electron chi connectivity index (χ2n) is 8.89. The van der Waals surface area contributed by atoms with Gasteiger partial charge in [0.15, 0.2) is 9.84 Å². The highest BCUT2D eigenvalue weighted by atomic mass is 32.2. The van der Waals surface area contributed by atoms with Gasteiger partial charge in [-0.15, -0.1) is 0 Å². The molecule has 0 spiro atoms. The van der Waals surface area contributed by atoms with E-state index in [9.17, 15) is 13.3 Å². The zero-order valence-corrected chi connectivity index (χ0v) is 20.0. The van der Waals surface area contributed by atoms with Crippen LogP contribution in [0.5, 0.6) is 0 Å². The Morgan fingerprint density at radius 2 is 1.71 bits per heavy atom. The van der Waals surface area contributed by atoms with Crippen LogP contribution in [0.25, 0.3) is 12.2 Å². The van der Waals surface area contributed by atoms with E-state index in [1.165, 1.54) is 5.56 Å². The molecule has 1 aromatic heterocycles. The van der Waals surface area contributed by atoms with Gasteiger partial charge in [0.1, 0.15) is 6.04 Å². The molecule has 0 radical (unpaired) electrons. The molecule has 3 aromatic rings. The van der Waals surface area contributed by atoms with E-state index in [2.05, 4.69) is 25.8 Å². The fourth-order valence-corrected chi connectivity index (χ4v) is 6.51. The Morgan fingerprint density at radius 1 is 0.971 bits per heavy atom. The summed E-state index contributed by atoms with van der Waals surface area (Å²) < 4.78 is 25.7. The van der Waals surface area contributed by atoms with E-state index in [-0.39, 0.29) is 11.3 Å². The van der Waals surface area contributed by atoms with E-state index in [1.807, 2.05) is 30.4 Å². The van der Waals surface area contributed by atoms with Crippen LogP contribution >= 0.6 is 0 Å². The molecule has 5 rings (SSSR count). The van der Waals surface area contributed by atoms with Gasteiger partial charge in [0.2, 0.25) is 5.95 Å². The zero-order chi connectivity index (χ0) is 24.3. The first kappa shape index (κ1) is 23.3. The highest BCUT2D eigenvalue weighted by Crippen LogP contribution is 2.36. The molecule has 1 fully saturated rings. The van der Waals surface area contributed by atoms with Gasteiger partial charge in [-0.2, -0.15) is 4.91 Å². The van der Waals surface area contributed by atoms with Crippen LogP contribution in [0.3, 0.4) is 0 Å². The normalized spacial score (nSPS) is 18.5. The average Bonchev–Trinajstić information content (AvgIpc) is 3.33. The number of nitroso groups, excluding NO2 is 1. The highest BCUT2D eigenvalue weighted by Gasteiger charge is 2.28. The number of nitrogens with zero attached hydrogens (tertiary/aromatic N) is 3. The van der Waals surface area contributed by atoms with Gasteiger partial charge >= 0.3 is 0 Å². The maximum atomic E-state index is 12.9. The smallest absolute Gasteiger partial charge is 0.227 e. The lowest BCUT2D eigenvalue weighted by molar-refractivity contribution is 0.496. The van der Waals surface area contributed by atoms with Crippen molar-refractivity contribution in [2.24, 2.45) is 5.18 Å². The second kappa shape index (κ2) is 10.1. The van der Waals surface area contributed by atoms with E-state index in [1.54, 1.807) is 36.7 Å². The minimum Gasteiger partial charge on any atom is -0.324 e. The topological polar surface area (TPSA) is 113 Å². The fourth-order valence-electron chi connectivity index (χ4n) is 4.76. The van der Waals surface area contributed by atoms with Crippen molar-refractivity contribution in [1.82, 2.24) is 15.3 Å². The first-order valence-corrected chi connectivity index (χ1v) is 13.4. The number of aromatic nitrogens is 2. The molecule has 1 aliphatic carbocycles. The summed E-state index contributed by atoms with van der Waals surface area (Å²) in [5.74, 6) is 0.427. The summed E-state index contributed by atoms with van der Waals surface area (Å²) in [6.07, 6.45) is 10.3. The Labute approximate surface area is 204 Å². The average molecular weight is 490 g/mol. The van der Waals surface area contributed by atoms with Crippen LogP contribution in [0.15, 0.2) is 64.9 Å². The third-order valence-electron chi connectivity index (χ3n) is 6.69. The molecule has 2 aliphatic rings. The van der Waals surface area contributed by atoms with Crippen molar-refractivity contribution in [2.45, 2.75) is 41.9 Å². The van der Waals surface area contributed by atoms with Gasteiger partial charge in [-0.1, -0.05) is 35.5 Å². The Bertz CT molecular complexity index is 1330. The number of sulfone groups is 1. The van der Waals surface area contributed by atoms with Crippen LogP contribution in [-0.4, -0.2) is 36.7 Å². The Hall–Kier alpha value is -3.43. The van der Waals surface area contributed by atoms with E-state index in [4.69, 9.17) is 0 Å². The molecule has 0 saturated carbocycles. The SMILES string of the molecule is O=NC1CCc2c(C=Cc3cnc(Nc4ccc(S(=O)(=O)C5CCNCC5)cc4)nc3)cccc21. The van der Waals surface area contributed by atoms with Gasteiger partial charge in [-0.25, -0.2) is 18.4 Å². The number of rotatable bonds is 7. The number of hydrogen-bond acceptors (Lipinski definition) is 8. The van der Waals surface area contributed by atoms with Crippen LogP contribution in [0.4, 0.5) is 11.6 Å². The van der Waals surface area contributed by atoms with Crippen LogP contribution in [0.2, 0.25) is 0 Å². The van der Waals surface area contributed by atoms with Gasteiger partial charge in [0, 0.05) is 23.6 Å². The molecule has 2 heterocycles. The minimum absolute atomic E-state index is 0.245. The van der Waals surface area contributed by atoms with Crippen molar-refractivity contribution in [2.75, 3.05) is 18.4 Å². The molecule has 9 heteroatoms. The highest BCUT2D eigenvalue weighted by molar-refractivity contribution is 7.92. The van der Waals surface area contributed by atoms with Crippen LogP contribution in [-0.2, 0) is 16.3 Å². The summed E-state index contributed by atoms with van der Waals surface area (Å²) in [7, 11) is -3.32. The van der Waals surface area contributed by atoms with Gasteiger partial charge < -0.3 is 10.6 Å². The summed E-state index contributed by atoms with van der Waals surface area (Å²) in [6.45, 7) is 1.47. The number of fused-ring (bicyclic) bond motifs is 1. The molecular formula is C26H27N5O3S. The Balaban J connectivity index is 1.24. The summed E-state index contributed by atoms with van der Waals surface area (Å²) >= 11 is 0. The molecule has 2 aromatic carbocycles. The Kier molecular flexibility index (Phi) is 6.70. The number of nitrogens with one attached hydrogen (secondary N) is 2. The lowest BCUT2D eigenvalue weighted by Gasteiger charge is -2.22. The predicted molar refractivity (Wildman–Crippen MR) is 137 cm³/mol. The first-order valence-electron chi connectivity index (χ1n) is 11.8. The van der Waals surface area contributed by atoms with Crippen molar-refractivity contribution in [3.63, 3.8) is 0 Å². The van der Waals surface area contributed by atoms with Gasteiger partial charge in [-0.05, 0) is 79.7 Å². The predicted octanol–water partition coefficient (Wildman–Crippen LogP) is 4.67. The minimum atomic E-state index is -3.32. The van der Waals surface area contributed by atoms with Crippen molar-refractivity contribution < 1.29 is 8.42 Å². The molecular weight excluding hydrogens is 462 g/mol. The molecule has 1 saturated heterocycles. The standard InChI is InChI=1S/C26H27N5O3S/c32-31-25-11-10-23-19(2-1-3-24(23)25)5-4-18-16-28-26(29-17-18)30-20-6-8-21(9-7-20)35(33,34)22-12-14-27-15-13-22/h1-9,16-17,22,25,27H,10-15H2,(H,28,29,30). The monoisotopic (exact) mass is 489 g/mol. The van der Waals surface area contributed by atoms with Crippen LogP contribution in [0, 0.1) is 4.91 Å². The maximum absolute atomic E-state index is 12.9. The number of anilines is 2. The van der Waals surface area contributed by atoms with Gasteiger partial charge in [-0.3, -0.25) is 0 Å². The molecule has 0 bridgehead atoms. The summed E-state index contributed by atoms with van der Waals surface area (Å²) in [4.78, 5) is 20.1. The van der Waals surface area contributed by atoms with Gasteiger partial charge in [0.05, 0.1) is 10.1 Å². The summed E-state index contributed by atoms with van der Waals surface area (Å²) in [5.41, 5.74) is 4.84. The largest absolute Gasteiger partial charge is 0.324 e. The molecule has 1 atom stereocenters. The maximum Gasteiger partial charge on any atom is 0.227 e. The molecule has 8 nitrogen and oxygen atoms in total. The zero-order valence-electron chi connectivity index (χ0n) is 19.2. The Morgan fingerprint density at radius 3 is 2.43 bits per heavy atom. The van der Waals surface area contributed by atoms with Gasteiger partial charge in [0.25, 0.3) is 0 Å². The lowest BCUT2D eigenvalue weighted by atomic mass is 10.0. The number of piperidine rings is 1. The van der Waals surface area contributed by atoms with Crippen molar-refractivity contribution in [3.8, 4) is 0 Å². The molecule has 35 heavy (non-hydrogen) atoms. The fraction of sp³-hybridized carbons (Fsp3) is 0.308. The summed E-state index contributed by atoms with van der Waals surface area (Å²) in [6, 6.07) is 12.5. The van der Waals surface area contributed by atoms with E-state index >= 15 is 0 Å². The molecule has 1 aliphatic heterocycles. The van der Waals surface area contributed by atoms with E-state index in [0.717, 1.165) is 48.3 Å². The summed E-state index contributed by atoms with van der Waals surface area (Å²) in [5, 5.41) is 9.23. The lowest BCUT2D eigenvalue weighted by Crippen LogP contribution is -2.35. The number of hydrogen-bond donors (Lipinski definition) is 2.